The molecule has 1 aromatic heterocycles. The zero-order valence-corrected chi connectivity index (χ0v) is 18.3. The molecule has 158 valence electrons. The second-order valence-corrected chi connectivity index (χ2v) is 8.79. The van der Waals surface area contributed by atoms with Gasteiger partial charge in [-0.3, -0.25) is 19.1 Å². The number of ether oxygens (including phenoxy) is 1. The summed E-state index contributed by atoms with van der Waals surface area (Å²) < 4.78 is 7.09. The molecular weight excluding hydrogens is 388 g/mol. The van der Waals surface area contributed by atoms with Gasteiger partial charge in [-0.1, -0.05) is 30.8 Å². The van der Waals surface area contributed by atoms with Crippen molar-refractivity contribution in [2.24, 2.45) is 0 Å². The van der Waals surface area contributed by atoms with E-state index in [-0.39, 0.29) is 22.8 Å². The van der Waals surface area contributed by atoms with Gasteiger partial charge in [-0.05, 0) is 32.4 Å². The zero-order chi connectivity index (χ0) is 20.9. The van der Waals surface area contributed by atoms with Gasteiger partial charge in [0.2, 0.25) is 5.91 Å². The van der Waals surface area contributed by atoms with E-state index in [1.54, 1.807) is 10.6 Å². The molecule has 1 aliphatic heterocycles. The molecule has 2 aromatic rings. The van der Waals surface area contributed by atoms with E-state index >= 15 is 0 Å². The molecule has 0 radical (unpaired) electrons. The molecule has 29 heavy (non-hydrogen) atoms. The van der Waals surface area contributed by atoms with Crippen molar-refractivity contribution in [3.05, 3.63) is 34.6 Å². The molecule has 0 spiro atoms. The highest BCUT2D eigenvalue weighted by Crippen LogP contribution is 2.19. The number of carbonyl (C=O) groups is 1. The molecule has 1 fully saturated rings. The van der Waals surface area contributed by atoms with E-state index in [1.165, 1.54) is 11.8 Å². The Labute approximate surface area is 175 Å². The summed E-state index contributed by atoms with van der Waals surface area (Å²) in [6.45, 7) is 10.7. The highest BCUT2D eigenvalue weighted by molar-refractivity contribution is 7.99. The van der Waals surface area contributed by atoms with Crippen LogP contribution in [0, 0.1) is 0 Å². The van der Waals surface area contributed by atoms with Gasteiger partial charge in [-0.2, -0.15) is 0 Å². The SMILES string of the molecule is CCCn1c(SCC(=O)NCC(C)(C)N2CCOCC2)nc2ccccc2c1=O. The summed E-state index contributed by atoms with van der Waals surface area (Å²) in [7, 11) is 0. The smallest absolute Gasteiger partial charge is 0.262 e. The van der Waals surface area contributed by atoms with Crippen LogP contribution in [0.3, 0.4) is 0 Å². The van der Waals surface area contributed by atoms with Crippen LogP contribution < -0.4 is 10.9 Å². The van der Waals surface area contributed by atoms with Gasteiger partial charge in [0.15, 0.2) is 5.16 Å². The molecule has 3 rings (SSSR count). The third kappa shape index (κ3) is 5.38. The van der Waals surface area contributed by atoms with Crippen molar-refractivity contribution in [2.45, 2.75) is 44.4 Å². The highest BCUT2D eigenvalue weighted by Gasteiger charge is 2.28. The van der Waals surface area contributed by atoms with Crippen LogP contribution in [0.25, 0.3) is 10.9 Å². The molecule has 1 saturated heterocycles. The number of carbonyl (C=O) groups excluding carboxylic acids is 1. The Morgan fingerprint density at radius 1 is 1.28 bits per heavy atom. The predicted molar refractivity (Wildman–Crippen MR) is 116 cm³/mol. The van der Waals surface area contributed by atoms with Gasteiger partial charge in [0, 0.05) is 31.7 Å². The lowest BCUT2D eigenvalue weighted by Crippen LogP contribution is -2.55. The maximum atomic E-state index is 12.8. The van der Waals surface area contributed by atoms with Gasteiger partial charge >= 0.3 is 0 Å². The average molecular weight is 419 g/mol. The van der Waals surface area contributed by atoms with Crippen molar-refractivity contribution in [3.63, 3.8) is 0 Å². The van der Waals surface area contributed by atoms with Crippen LogP contribution in [-0.4, -0.2) is 64.5 Å². The van der Waals surface area contributed by atoms with E-state index in [1.807, 2.05) is 25.1 Å². The van der Waals surface area contributed by atoms with Crippen molar-refractivity contribution in [1.82, 2.24) is 19.8 Å². The molecule has 0 unspecified atom stereocenters. The second-order valence-electron chi connectivity index (χ2n) is 7.85. The van der Waals surface area contributed by atoms with Crippen molar-refractivity contribution < 1.29 is 9.53 Å². The van der Waals surface area contributed by atoms with Crippen molar-refractivity contribution >= 4 is 28.6 Å². The number of amides is 1. The minimum absolute atomic E-state index is 0.0474. The topological polar surface area (TPSA) is 76.5 Å². The molecule has 0 aliphatic carbocycles. The van der Waals surface area contributed by atoms with Crippen LogP contribution in [0.4, 0.5) is 0 Å². The molecule has 1 N–H and O–H groups in total. The van der Waals surface area contributed by atoms with Crippen molar-refractivity contribution in [1.29, 1.82) is 0 Å². The van der Waals surface area contributed by atoms with Crippen LogP contribution in [0.15, 0.2) is 34.2 Å². The van der Waals surface area contributed by atoms with E-state index in [9.17, 15) is 9.59 Å². The lowest BCUT2D eigenvalue weighted by Gasteiger charge is -2.40. The van der Waals surface area contributed by atoms with Crippen molar-refractivity contribution in [3.8, 4) is 0 Å². The van der Waals surface area contributed by atoms with Crippen LogP contribution in [-0.2, 0) is 16.1 Å². The lowest BCUT2D eigenvalue weighted by molar-refractivity contribution is -0.119. The number of thioether (sulfide) groups is 1. The molecule has 0 atom stereocenters. The first-order valence-corrected chi connectivity index (χ1v) is 11.1. The first kappa shape index (κ1) is 21.8. The molecular formula is C21H30N4O3S. The van der Waals surface area contributed by atoms with Crippen LogP contribution in [0.1, 0.15) is 27.2 Å². The summed E-state index contributed by atoms with van der Waals surface area (Å²) in [4.78, 5) is 32.3. The average Bonchev–Trinajstić information content (AvgIpc) is 2.74. The summed E-state index contributed by atoms with van der Waals surface area (Å²) in [6.07, 6.45) is 0.827. The number of hydrogen-bond donors (Lipinski definition) is 1. The summed E-state index contributed by atoms with van der Waals surface area (Å²) in [5, 5.41) is 4.24. The monoisotopic (exact) mass is 418 g/mol. The molecule has 8 heteroatoms. The van der Waals surface area contributed by atoms with Crippen molar-refractivity contribution in [2.75, 3.05) is 38.6 Å². The summed E-state index contributed by atoms with van der Waals surface area (Å²) in [5.74, 6) is 0.176. The molecule has 1 amide bonds. The number of benzene rings is 1. The maximum Gasteiger partial charge on any atom is 0.262 e. The summed E-state index contributed by atoms with van der Waals surface area (Å²) >= 11 is 1.32. The van der Waals surface area contributed by atoms with E-state index < -0.39 is 0 Å². The summed E-state index contributed by atoms with van der Waals surface area (Å²) in [6, 6.07) is 7.35. The first-order valence-electron chi connectivity index (χ1n) is 10.1. The Morgan fingerprint density at radius 2 is 2.00 bits per heavy atom. The van der Waals surface area contributed by atoms with Gasteiger partial charge in [-0.15, -0.1) is 0 Å². The highest BCUT2D eigenvalue weighted by atomic mass is 32.2. The number of rotatable bonds is 8. The second kappa shape index (κ2) is 9.73. The van der Waals surface area contributed by atoms with E-state index in [0.29, 0.717) is 29.1 Å². The Balaban J connectivity index is 1.64. The largest absolute Gasteiger partial charge is 0.379 e. The van der Waals surface area contributed by atoms with Gasteiger partial charge in [0.05, 0.1) is 29.9 Å². The van der Waals surface area contributed by atoms with E-state index in [0.717, 1.165) is 32.7 Å². The molecule has 2 heterocycles. The number of hydrogen-bond acceptors (Lipinski definition) is 6. The van der Waals surface area contributed by atoms with Crippen LogP contribution in [0.2, 0.25) is 0 Å². The standard InChI is InChI=1S/C21H30N4O3S/c1-4-9-25-19(27)16-7-5-6-8-17(16)23-20(25)29-14-18(26)22-15-21(2,3)24-10-12-28-13-11-24/h5-8H,4,9-15H2,1-3H3,(H,22,26). The first-order chi connectivity index (χ1) is 13.9. The zero-order valence-electron chi connectivity index (χ0n) is 17.4. The third-order valence-electron chi connectivity index (χ3n) is 5.19. The molecule has 0 bridgehead atoms. The van der Waals surface area contributed by atoms with Gasteiger partial charge in [0.1, 0.15) is 0 Å². The van der Waals surface area contributed by atoms with E-state index in [4.69, 9.17) is 4.74 Å². The third-order valence-corrected chi connectivity index (χ3v) is 6.17. The number of nitrogens with zero attached hydrogens (tertiary/aromatic N) is 3. The molecule has 7 nitrogen and oxygen atoms in total. The van der Waals surface area contributed by atoms with E-state index in [2.05, 4.69) is 29.0 Å². The number of nitrogens with one attached hydrogen (secondary N) is 1. The minimum atomic E-state index is -0.129. The van der Waals surface area contributed by atoms with Gasteiger partial charge < -0.3 is 10.1 Å². The van der Waals surface area contributed by atoms with Gasteiger partial charge in [0.25, 0.3) is 5.56 Å². The quantitative estimate of drug-likeness (QED) is 0.523. The van der Waals surface area contributed by atoms with Crippen LogP contribution in [0.5, 0.6) is 0 Å². The molecule has 1 aliphatic rings. The minimum Gasteiger partial charge on any atom is -0.379 e. The Bertz CT molecular complexity index is 906. The number of fused-ring (bicyclic) bond motifs is 1. The Hall–Kier alpha value is -1.90. The normalized spacial score (nSPS) is 15.6. The fourth-order valence-corrected chi connectivity index (χ4v) is 4.31. The fraction of sp³-hybridized carbons (Fsp3) is 0.571. The fourth-order valence-electron chi connectivity index (χ4n) is 3.46. The lowest BCUT2D eigenvalue weighted by atomic mass is 10.0. The maximum absolute atomic E-state index is 12.8. The number of para-hydroxylation sites is 1. The molecule has 1 aromatic carbocycles. The number of morpholine rings is 1. The predicted octanol–water partition coefficient (Wildman–Crippen LogP) is 2.13. The van der Waals surface area contributed by atoms with Crippen LogP contribution >= 0.6 is 11.8 Å². The number of aromatic nitrogens is 2. The molecule has 0 saturated carbocycles. The van der Waals surface area contributed by atoms with Gasteiger partial charge in [-0.25, -0.2) is 4.98 Å². The summed E-state index contributed by atoms with van der Waals surface area (Å²) in [5.41, 5.74) is 0.491. The Kier molecular flexibility index (Phi) is 7.32. The Morgan fingerprint density at radius 3 is 2.72 bits per heavy atom.